The van der Waals surface area contributed by atoms with Gasteiger partial charge in [0.1, 0.15) is 17.1 Å². The Morgan fingerprint density at radius 3 is 2.72 bits per heavy atom. The zero-order chi connectivity index (χ0) is 13.0. The third kappa shape index (κ3) is 2.94. The van der Waals surface area contributed by atoms with E-state index in [1.165, 1.54) is 13.0 Å². The van der Waals surface area contributed by atoms with Gasteiger partial charge in [0, 0.05) is 32.4 Å². The molecule has 18 heavy (non-hydrogen) atoms. The monoisotopic (exact) mass is 265 g/mol. The molecule has 0 bridgehead atoms. The zero-order valence-corrected chi connectivity index (χ0v) is 11.5. The van der Waals surface area contributed by atoms with Crippen LogP contribution < -0.4 is 10.6 Å². The quantitative estimate of drug-likeness (QED) is 0.806. The van der Waals surface area contributed by atoms with E-state index in [-0.39, 0.29) is 0 Å². The van der Waals surface area contributed by atoms with Crippen molar-refractivity contribution in [3.8, 4) is 0 Å². The third-order valence-electron chi connectivity index (χ3n) is 3.17. The molecule has 1 fully saturated rings. The van der Waals surface area contributed by atoms with Gasteiger partial charge < -0.3 is 10.6 Å². The molecule has 1 aromatic rings. The fraction of sp³-hybridized carbons (Fsp3) is 0.583. The van der Waals surface area contributed by atoms with E-state index in [2.05, 4.69) is 26.7 Å². The highest BCUT2D eigenvalue weighted by Crippen LogP contribution is 2.17. The molecule has 0 atom stereocenters. The van der Waals surface area contributed by atoms with Crippen molar-refractivity contribution in [1.82, 2.24) is 14.9 Å². The predicted molar refractivity (Wildman–Crippen MR) is 76.9 cm³/mol. The van der Waals surface area contributed by atoms with E-state index in [4.69, 9.17) is 18.0 Å². The Hall–Kier alpha value is -1.27. The van der Waals surface area contributed by atoms with Gasteiger partial charge in [0.2, 0.25) is 0 Å². The fourth-order valence-electron chi connectivity index (χ4n) is 2.25. The number of piperazine rings is 1. The number of rotatable bonds is 4. The molecule has 0 radical (unpaired) electrons. The maximum absolute atomic E-state index is 5.71. The lowest BCUT2D eigenvalue weighted by Gasteiger charge is -2.35. The second-order valence-electron chi connectivity index (χ2n) is 4.45. The van der Waals surface area contributed by atoms with E-state index in [0.717, 1.165) is 37.6 Å². The van der Waals surface area contributed by atoms with E-state index < -0.39 is 0 Å². The summed E-state index contributed by atoms with van der Waals surface area (Å²) in [6.45, 7) is 7.43. The van der Waals surface area contributed by atoms with Crippen LogP contribution in [0.3, 0.4) is 0 Å². The highest BCUT2D eigenvalue weighted by molar-refractivity contribution is 7.80. The van der Waals surface area contributed by atoms with Crippen molar-refractivity contribution < 1.29 is 0 Å². The molecule has 0 unspecified atom stereocenters. The number of anilines is 1. The van der Waals surface area contributed by atoms with E-state index in [1.54, 1.807) is 12.5 Å². The third-order valence-corrected chi connectivity index (χ3v) is 3.39. The molecule has 5 nitrogen and oxygen atoms in total. The molecule has 1 aromatic heterocycles. The summed E-state index contributed by atoms with van der Waals surface area (Å²) in [6.07, 6.45) is 4.45. The van der Waals surface area contributed by atoms with Crippen molar-refractivity contribution in [2.45, 2.75) is 13.3 Å². The van der Waals surface area contributed by atoms with Crippen LogP contribution in [0.1, 0.15) is 18.9 Å². The average Bonchev–Trinajstić information content (AvgIpc) is 2.40. The van der Waals surface area contributed by atoms with Crippen LogP contribution in [0.4, 0.5) is 5.82 Å². The molecular formula is C12H19N5S. The van der Waals surface area contributed by atoms with Gasteiger partial charge in [-0.25, -0.2) is 9.97 Å². The van der Waals surface area contributed by atoms with Crippen LogP contribution in [0.25, 0.3) is 0 Å². The summed E-state index contributed by atoms with van der Waals surface area (Å²) in [5.74, 6) is 0.869. The highest BCUT2D eigenvalue weighted by Gasteiger charge is 2.20. The summed E-state index contributed by atoms with van der Waals surface area (Å²) < 4.78 is 0. The molecular weight excluding hydrogens is 246 g/mol. The first-order valence-electron chi connectivity index (χ1n) is 6.29. The Labute approximate surface area is 113 Å². The van der Waals surface area contributed by atoms with Gasteiger partial charge in [-0.05, 0) is 13.0 Å². The predicted octanol–water partition coefficient (Wildman–Crippen LogP) is 0.643. The number of aromatic nitrogens is 2. The van der Waals surface area contributed by atoms with Crippen molar-refractivity contribution in [2.24, 2.45) is 5.73 Å². The largest absolute Gasteiger partial charge is 0.389 e. The van der Waals surface area contributed by atoms with Gasteiger partial charge in [0.05, 0.1) is 5.56 Å². The Morgan fingerprint density at radius 1 is 1.39 bits per heavy atom. The molecule has 1 aliphatic heterocycles. The van der Waals surface area contributed by atoms with Crippen LogP contribution >= 0.6 is 12.2 Å². The maximum atomic E-state index is 5.71. The number of nitrogens with zero attached hydrogens (tertiary/aromatic N) is 4. The molecule has 0 aromatic carbocycles. The maximum Gasteiger partial charge on any atom is 0.142 e. The van der Waals surface area contributed by atoms with Crippen molar-refractivity contribution >= 4 is 23.0 Å². The fourth-order valence-corrected chi connectivity index (χ4v) is 2.39. The second kappa shape index (κ2) is 6.06. The van der Waals surface area contributed by atoms with Gasteiger partial charge in [0.15, 0.2) is 0 Å². The standard InChI is InChI=1S/C12H19N5S/c1-2-3-16-4-6-17(7-5-16)12-10(11(13)18)8-14-9-15-12/h8-9H,2-7H2,1H3,(H2,13,18). The summed E-state index contributed by atoms with van der Waals surface area (Å²) in [5.41, 5.74) is 6.49. The minimum absolute atomic E-state index is 0.363. The number of hydrogen-bond donors (Lipinski definition) is 1. The summed E-state index contributed by atoms with van der Waals surface area (Å²) in [7, 11) is 0. The van der Waals surface area contributed by atoms with Gasteiger partial charge >= 0.3 is 0 Å². The lowest BCUT2D eigenvalue weighted by atomic mass is 10.2. The average molecular weight is 265 g/mol. The Morgan fingerprint density at radius 2 is 2.11 bits per heavy atom. The van der Waals surface area contributed by atoms with E-state index >= 15 is 0 Å². The molecule has 0 amide bonds. The number of thiocarbonyl (C=S) groups is 1. The van der Waals surface area contributed by atoms with Gasteiger partial charge in [-0.2, -0.15) is 0 Å². The number of hydrogen-bond acceptors (Lipinski definition) is 5. The number of nitrogens with two attached hydrogens (primary N) is 1. The van der Waals surface area contributed by atoms with Gasteiger partial charge in [-0.15, -0.1) is 0 Å². The van der Waals surface area contributed by atoms with Crippen molar-refractivity contribution in [3.63, 3.8) is 0 Å². The molecule has 1 saturated heterocycles. The minimum Gasteiger partial charge on any atom is -0.389 e. The lowest BCUT2D eigenvalue weighted by Crippen LogP contribution is -2.47. The molecule has 0 saturated carbocycles. The van der Waals surface area contributed by atoms with Crippen LogP contribution in [0.5, 0.6) is 0 Å². The van der Waals surface area contributed by atoms with E-state index in [0.29, 0.717) is 4.99 Å². The first-order valence-corrected chi connectivity index (χ1v) is 6.70. The Balaban J connectivity index is 2.07. The molecule has 0 aliphatic carbocycles. The highest BCUT2D eigenvalue weighted by atomic mass is 32.1. The molecule has 1 aliphatic rings. The molecule has 2 rings (SSSR count). The van der Waals surface area contributed by atoms with E-state index in [1.807, 2.05) is 0 Å². The van der Waals surface area contributed by atoms with Gasteiger partial charge in [-0.1, -0.05) is 19.1 Å². The molecule has 2 N–H and O–H groups in total. The van der Waals surface area contributed by atoms with Crippen molar-refractivity contribution in [3.05, 3.63) is 18.1 Å². The van der Waals surface area contributed by atoms with Crippen LogP contribution in [0.15, 0.2) is 12.5 Å². The van der Waals surface area contributed by atoms with E-state index in [9.17, 15) is 0 Å². The molecule has 6 heteroatoms. The van der Waals surface area contributed by atoms with Crippen molar-refractivity contribution in [2.75, 3.05) is 37.6 Å². The topological polar surface area (TPSA) is 58.3 Å². The van der Waals surface area contributed by atoms with Gasteiger partial charge in [-0.3, -0.25) is 4.90 Å². The zero-order valence-electron chi connectivity index (χ0n) is 10.7. The summed E-state index contributed by atoms with van der Waals surface area (Å²) in [4.78, 5) is 13.4. The minimum atomic E-state index is 0.363. The van der Waals surface area contributed by atoms with Crippen LogP contribution in [-0.4, -0.2) is 52.6 Å². The summed E-state index contributed by atoms with van der Waals surface area (Å²) >= 11 is 5.04. The Kier molecular flexibility index (Phi) is 4.43. The SMILES string of the molecule is CCCN1CCN(c2ncncc2C(N)=S)CC1. The first kappa shape index (κ1) is 13.2. The second-order valence-corrected chi connectivity index (χ2v) is 4.89. The van der Waals surface area contributed by atoms with Crippen LogP contribution in [-0.2, 0) is 0 Å². The van der Waals surface area contributed by atoms with Crippen LogP contribution in [0, 0.1) is 0 Å². The van der Waals surface area contributed by atoms with Gasteiger partial charge in [0.25, 0.3) is 0 Å². The Bertz CT molecular complexity index is 415. The summed E-state index contributed by atoms with van der Waals surface area (Å²) in [6, 6.07) is 0. The molecule has 98 valence electrons. The summed E-state index contributed by atoms with van der Waals surface area (Å²) in [5, 5.41) is 0. The molecule has 2 heterocycles. The van der Waals surface area contributed by atoms with Crippen molar-refractivity contribution in [1.29, 1.82) is 0 Å². The molecule has 0 spiro atoms. The first-order chi connectivity index (χ1) is 8.72. The smallest absolute Gasteiger partial charge is 0.142 e. The normalized spacial score (nSPS) is 16.8. The lowest BCUT2D eigenvalue weighted by molar-refractivity contribution is 0.258. The van der Waals surface area contributed by atoms with Crippen LogP contribution in [0.2, 0.25) is 0 Å².